The van der Waals surface area contributed by atoms with Gasteiger partial charge < -0.3 is 23.9 Å². The molecule has 0 saturated carbocycles. The van der Waals surface area contributed by atoms with Crippen molar-refractivity contribution in [2.24, 2.45) is 0 Å². The first-order chi connectivity index (χ1) is 16.4. The van der Waals surface area contributed by atoms with Gasteiger partial charge in [0.2, 0.25) is 0 Å². The van der Waals surface area contributed by atoms with Crippen LogP contribution < -0.4 is 9.64 Å². The number of carbonyl (C=O) groups excluding carboxylic acids is 2. The van der Waals surface area contributed by atoms with Crippen LogP contribution in [0.15, 0.2) is 48.7 Å². The van der Waals surface area contributed by atoms with Gasteiger partial charge in [-0.1, -0.05) is 45.6 Å². The van der Waals surface area contributed by atoms with Gasteiger partial charge in [-0.25, -0.2) is 9.69 Å². The van der Waals surface area contributed by atoms with E-state index in [9.17, 15) is 14.7 Å². The molecule has 0 fully saturated rings. The van der Waals surface area contributed by atoms with E-state index in [1.807, 2.05) is 19.1 Å². The average molecular weight is 501 g/mol. The first-order valence-corrected chi connectivity index (χ1v) is 14.6. The predicted octanol–water partition coefficient (Wildman–Crippen LogP) is 5.57. The van der Waals surface area contributed by atoms with Crippen LogP contribution in [-0.2, 0) is 9.16 Å². The highest BCUT2D eigenvalue weighted by Crippen LogP contribution is 2.45. The maximum Gasteiger partial charge on any atom is 0.416 e. The number of amides is 2. The average Bonchev–Trinajstić information content (AvgIpc) is 3.17. The molecule has 0 aromatic heterocycles. The van der Waals surface area contributed by atoms with Crippen molar-refractivity contribution in [3.63, 3.8) is 0 Å². The highest BCUT2D eigenvalue weighted by Gasteiger charge is 2.50. The van der Waals surface area contributed by atoms with E-state index in [0.29, 0.717) is 6.42 Å². The van der Waals surface area contributed by atoms with Crippen molar-refractivity contribution in [3.05, 3.63) is 54.3 Å². The van der Waals surface area contributed by atoms with Gasteiger partial charge in [-0.05, 0) is 43.1 Å². The molecule has 2 heterocycles. The van der Waals surface area contributed by atoms with E-state index in [1.54, 1.807) is 11.1 Å². The second-order valence-corrected chi connectivity index (χ2v) is 15.0. The Morgan fingerprint density at radius 1 is 1.31 bits per heavy atom. The fourth-order valence-corrected chi connectivity index (χ4v) is 5.21. The van der Waals surface area contributed by atoms with E-state index in [0.717, 1.165) is 5.57 Å². The first kappa shape index (κ1) is 26.6. The number of hydrogen-bond acceptors (Lipinski definition) is 6. The van der Waals surface area contributed by atoms with E-state index in [4.69, 9.17) is 13.9 Å². The fraction of sp³-hybridized carbons (Fsp3) is 0.462. The SMILES string of the molecule is C=CCOC(=O)N1c2cc(O)c(OC)cc2C(=O)N2C=C(/C=C/C)C[C@H]2C1O[Si](C)(C)C(C)(C)C. The molecule has 2 aliphatic rings. The van der Waals surface area contributed by atoms with Crippen LogP contribution in [0.25, 0.3) is 0 Å². The largest absolute Gasteiger partial charge is 0.504 e. The molecule has 2 aliphatic heterocycles. The molecule has 1 N–H and O–H groups in total. The Morgan fingerprint density at radius 2 is 2.00 bits per heavy atom. The normalized spacial score (nSPS) is 20.3. The lowest BCUT2D eigenvalue weighted by Gasteiger charge is -2.44. The van der Waals surface area contributed by atoms with Gasteiger partial charge in [0.05, 0.1) is 24.4 Å². The van der Waals surface area contributed by atoms with Crippen molar-refractivity contribution in [2.45, 2.75) is 64.5 Å². The Bertz CT molecular complexity index is 1070. The molecule has 0 spiro atoms. The molecule has 8 nitrogen and oxygen atoms in total. The molecule has 0 radical (unpaired) electrons. The number of benzene rings is 1. The Balaban J connectivity index is 2.28. The van der Waals surface area contributed by atoms with Crippen LogP contribution >= 0.6 is 0 Å². The third-order valence-corrected chi connectivity index (χ3v) is 11.3. The van der Waals surface area contributed by atoms with Gasteiger partial charge in [-0.3, -0.25) is 4.79 Å². The molecular formula is C26H36N2O6Si. The Hall–Kier alpha value is -3.04. The van der Waals surface area contributed by atoms with Gasteiger partial charge in [-0.15, -0.1) is 0 Å². The molecule has 190 valence electrons. The van der Waals surface area contributed by atoms with Gasteiger partial charge in [0, 0.05) is 12.3 Å². The quantitative estimate of drug-likeness (QED) is 0.406. The Labute approximate surface area is 208 Å². The minimum Gasteiger partial charge on any atom is -0.504 e. The minimum atomic E-state index is -2.44. The number of nitrogens with zero attached hydrogens (tertiary/aromatic N) is 2. The van der Waals surface area contributed by atoms with Crippen LogP contribution in [0.3, 0.4) is 0 Å². The summed E-state index contributed by atoms with van der Waals surface area (Å²) in [4.78, 5) is 30.3. The number of fused-ring (bicyclic) bond motifs is 2. The molecule has 0 bridgehead atoms. The first-order valence-electron chi connectivity index (χ1n) is 11.7. The summed E-state index contributed by atoms with van der Waals surface area (Å²) in [7, 11) is -1.04. The topological polar surface area (TPSA) is 88.5 Å². The number of allylic oxidation sites excluding steroid dienone is 2. The second-order valence-electron chi connectivity index (χ2n) is 10.2. The summed E-state index contributed by atoms with van der Waals surface area (Å²) in [5.41, 5.74) is 1.37. The van der Waals surface area contributed by atoms with Crippen LogP contribution in [0.1, 0.15) is 44.5 Å². The van der Waals surface area contributed by atoms with Crippen molar-refractivity contribution >= 4 is 26.0 Å². The summed E-state index contributed by atoms with van der Waals surface area (Å²) in [6.45, 7) is 16.1. The summed E-state index contributed by atoms with van der Waals surface area (Å²) in [6.07, 6.45) is 6.11. The summed E-state index contributed by atoms with van der Waals surface area (Å²) < 4.78 is 17.6. The van der Waals surface area contributed by atoms with Crippen molar-refractivity contribution < 1.29 is 28.6 Å². The summed E-state index contributed by atoms with van der Waals surface area (Å²) in [6, 6.07) is 2.33. The zero-order valence-corrected chi connectivity index (χ0v) is 22.6. The van der Waals surface area contributed by atoms with Crippen molar-refractivity contribution in [3.8, 4) is 11.5 Å². The van der Waals surface area contributed by atoms with Crippen LogP contribution in [0, 0.1) is 0 Å². The number of carbonyl (C=O) groups is 2. The molecule has 2 amide bonds. The number of aromatic hydroxyl groups is 1. The Morgan fingerprint density at radius 3 is 2.57 bits per heavy atom. The van der Waals surface area contributed by atoms with Crippen LogP contribution in [0.5, 0.6) is 11.5 Å². The maximum atomic E-state index is 13.8. The molecule has 0 aliphatic carbocycles. The van der Waals surface area contributed by atoms with E-state index >= 15 is 0 Å². The molecule has 0 saturated heterocycles. The third-order valence-electron chi connectivity index (χ3n) is 6.84. The number of rotatable bonds is 6. The number of hydrogen-bond donors (Lipinski definition) is 1. The van der Waals surface area contributed by atoms with Gasteiger partial charge in [0.1, 0.15) is 6.61 Å². The third kappa shape index (κ3) is 5.01. The van der Waals surface area contributed by atoms with Gasteiger partial charge in [0.15, 0.2) is 26.0 Å². The summed E-state index contributed by atoms with van der Waals surface area (Å²) >= 11 is 0. The molecule has 35 heavy (non-hydrogen) atoms. The number of phenols is 1. The summed E-state index contributed by atoms with van der Waals surface area (Å²) in [5, 5.41) is 10.4. The van der Waals surface area contributed by atoms with Crippen molar-refractivity contribution in [2.75, 3.05) is 18.6 Å². The molecular weight excluding hydrogens is 464 g/mol. The molecule has 1 aromatic rings. The fourth-order valence-electron chi connectivity index (χ4n) is 3.99. The standard InChI is InChI=1S/C26H36N2O6Si/c1-9-11-17-13-20-24(34-35(7,8)26(3,4)5)28(25(31)33-12-10-2)19-15-21(29)22(32-6)14-18(19)23(30)27(20)16-17/h9-11,14-16,20,24,29H,2,12-13H2,1,3-8H3/b11-9+/t20-,24?/m0/s1. The van der Waals surface area contributed by atoms with E-state index in [1.165, 1.54) is 30.2 Å². The number of ether oxygens (including phenoxy) is 2. The van der Waals surface area contributed by atoms with Crippen LogP contribution in [0.4, 0.5) is 10.5 Å². The lowest BCUT2D eigenvalue weighted by molar-refractivity contribution is 0.0589. The van der Waals surface area contributed by atoms with Gasteiger partial charge in [-0.2, -0.15) is 0 Å². The molecule has 2 atom stereocenters. The van der Waals surface area contributed by atoms with Crippen LogP contribution in [-0.4, -0.2) is 56.3 Å². The van der Waals surface area contributed by atoms with E-state index in [-0.39, 0.29) is 40.3 Å². The predicted molar refractivity (Wildman–Crippen MR) is 138 cm³/mol. The lowest BCUT2D eigenvalue weighted by atomic mass is 10.1. The number of phenolic OH excluding ortho intramolecular Hbond substituents is 1. The number of anilines is 1. The minimum absolute atomic E-state index is 0.00991. The van der Waals surface area contributed by atoms with E-state index < -0.39 is 26.7 Å². The van der Waals surface area contributed by atoms with Gasteiger partial charge >= 0.3 is 6.09 Å². The monoisotopic (exact) mass is 500 g/mol. The zero-order chi connectivity index (χ0) is 26.1. The zero-order valence-electron chi connectivity index (χ0n) is 21.6. The highest BCUT2D eigenvalue weighted by atomic mass is 28.4. The van der Waals surface area contributed by atoms with E-state index in [2.05, 4.69) is 40.4 Å². The summed E-state index contributed by atoms with van der Waals surface area (Å²) in [5.74, 6) is -0.377. The molecule has 1 unspecified atom stereocenters. The second kappa shape index (κ2) is 9.91. The molecule has 1 aromatic carbocycles. The molecule has 3 rings (SSSR count). The highest BCUT2D eigenvalue weighted by molar-refractivity contribution is 6.74. The van der Waals surface area contributed by atoms with Gasteiger partial charge in [0.25, 0.3) is 5.91 Å². The van der Waals surface area contributed by atoms with Crippen LogP contribution in [0.2, 0.25) is 18.1 Å². The van der Waals surface area contributed by atoms with Crippen molar-refractivity contribution in [1.82, 2.24) is 4.90 Å². The molecule has 9 heteroatoms. The Kier molecular flexibility index (Phi) is 7.52. The smallest absolute Gasteiger partial charge is 0.416 e. The number of methoxy groups -OCH3 is 1. The maximum absolute atomic E-state index is 13.8. The van der Waals surface area contributed by atoms with Crippen molar-refractivity contribution in [1.29, 1.82) is 0 Å². The lowest BCUT2D eigenvalue weighted by Crippen LogP contribution is -2.57.